The molecule has 0 fully saturated rings. The van der Waals surface area contributed by atoms with E-state index >= 15 is 0 Å². The lowest BCUT2D eigenvalue weighted by Gasteiger charge is -2.10. The Morgan fingerprint density at radius 3 is 2.87 bits per heavy atom. The zero-order valence-electron chi connectivity index (χ0n) is 7.91. The molecule has 0 aliphatic carbocycles. The zero-order valence-corrected chi connectivity index (χ0v) is 9.50. The third kappa shape index (κ3) is 3.97. The lowest BCUT2D eigenvalue weighted by atomic mass is 10.0. The van der Waals surface area contributed by atoms with Crippen molar-refractivity contribution in [2.24, 2.45) is 5.73 Å². The standard InChI is InChI=1S/C10H11BrFNO2/c11-9-2-1-7(12)3-6(9)4-8(13)5-10(14)15/h1-3,8H,4-5,13H2,(H,14,15). The number of carboxylic acids is 1. The molecule has 5 heteroatoms. The van der Waals surface area contributed by atoms with Crippen molar-refractivity contribution in [3.8, 4) is 0 Å². The van der Waals surface area contributed by atoms with Crippen LogP contribution in [0.4, 0.5) is 4.39 Å². The monoisotopic (exact) mass is 275 g/mol. The maximum atomic E-state index is 12.9. The van der Waals surface area contributed by atoms with Gasteiger partial charge in [-0.15, -0.1) is 0 Å². The van der Waals surface area contributed by atoms with Crippen LogP contribution in [-0.2, 0) is 11.2 Å². The molecule has 0 amide bonds. The molecule has 1 rings (SSSR count). The van der Waals surface area contributed by atoms with Gasteiger partial charge < -0.3 is 10.8 Å². The van der Waals surface area contributed by atoms with Gasteiger partial charge in [-0.25, -0.2) is 4.39 Å². The van der Waals surface area contributed by atoms with Gasteiger partial charge in [0.25, 0.3) is 0 Å². The van der Waals surface area contributed by atoms with Crippen LogP contribution in [0.25, 0.3) is 0 Å². The highest BCUT2D eigenvalue weighted by atomic mass is 79.9. The second-order valence-electron chi connectivity index (χ2n) is 3.30. The fourth-order valence-corrected chi connectivity index (χ4v) is 1.69. The lowest BCUT2D eigenvalue weighted by molar-refractivity contribution is -0.137. The topological polar surface area (TPSA) is 63.3 Å². The number of carboxylic acid groups (broad SMARTS) is 1. The molecule has 0 spiro atoms. The van der Waals surface area contributed by atoms with E-state index in [9.17, 15) is 9.18 Å². The third-order valence-electron chi connectivity index (χ3n) is 1.93. The molecule has 0 bridgehead atoms. The number of carbonyl (C=O) groups is 1. The molecular weight excluding hydrogens is 265 g/mol. The Morgan fingerprint density at radius 1 is 1.60 bits per heavy atom. The van der Waals surface area contributed by atoms with Gasteiger partial charge in [0, 0.05) is 10.5 Å². The third-order valence-corrected chi connectivity index (χ3v) is 2.70. The Balaban J connectivity index is 2.71. The summed E-state index contributed by atoms with van der Waals surface area (Å²) in [5.74, 6) is -1.30. The van der Waals surface area contributed by atoms with E-state index in [1.807, 2.05) is 0 Å². The molecule has 0 aliphatic rings. The van der Waals surface area contributed by atoms with E-state index in [-0.39, 0.29) is 12.2 Å². The Labute approximate surface area is 95.2 Å². The van der Waals surface area contributed by atoms with Gasteiger partial charge in [0.05, 0.1) is 6.42 Å². The first-order valence-electron chi connectivity index (χ1n) is 4.40. The highest BCUT2D eigenvalue weighted by Crippen LogP contribution is 2.19. The first-order valence-corrected chi connectivity index (χ1v) is 5.19. The van der Waals surface area contributed by atoms with Crippen molar-refractivity contribution < 1.29 is 14.3 Å². The van der Waals surface area contributed by atoms with Gasteiger partial charge in [-0.2, -0.15) is 0 Å². The lowest BCUT2D eigenvalue weighted by Crippen LogP contribution is -2.26. The smallest absolute Gasteiger partial charge is 0.304 e. The molecule has 15 heavy (non-hydrogen) atoms. The molecule has 82 valence electrons. The normalized spacial score (nSPS) is 12.5. The van der Waals surface area contributed by atoms with Crippen molar-refractivity contribution in [2.45, 2.75) is 18.9 Å². The van der Waals surface area contributed by atoms with Crippen LogP contribution < -0.4 is 5.73 Å². The Kier molecular flexibility index (Phi) is 4.23. The van der Waals surface area contributed by atoms with Crippen molar-refractivity contribution in [1.82, 2.24) is 0 Å². The summed E-state index contributed by atoms with van der Waals surface area (Å²) in [6, 6.07) is 3.76. The summed E-state index contributed by atoms with van der Waals surface area (Å²) in [4.78, 5) is 10.4. The first kappa shape index (κ1) is 12.1. The molecule has 0 heterocycles. The molecule has 3 N–H and O–H groups in total. The minimum atomic E-state index is -0.949. The predicted molar refractivity (Wildman–Crippen MR) is 58.0 cm³/mol. The van der Waals surface area contributed by atoms with Crippen LogP contribution in [0.5, 0.6) is 0 Å². The molecule has 0 radical (unpaired) electrons. The van der Waals surface area contributed by atoms with Crippen molar-refractivity contribution in [1.29, 1.82) is 0 Å². The van der Waals surface area contributed by atoms with E-state index in [1.165, 1.54) is 12.1 Å². The SMILES string of the molecule is NC(CC(=O)O)Cc1cc(F)ccc1Br. The zero-order chi connectivity index (χ0) is 11.4. The van der Waals surface area contributed by atoms with E-state index < -0.39 is 12.0 Å². The number of benzene rings is 1. The van der Waals surface area contributed by atoms with E-state index in [0.29, 0.717) is 12.0 Å². The maximum Gasteiger partial charge on any atom is 0.304 e. The molecule has 0 saturated heterocycles. The summed E-state index contributed by atoms with van der Waals surface area (Å²) in [6.07, 6.45) is 0.216. The quantitative estimate of drug-likeness (QED) is 0.883. The maximum absolute atomic E-state index is 12.9. The molecule has 3 nitrogen and oxygen atoms in total. The Bertz CT molecular complexity index is 370. The molecule has 1 unspecified atom stereocenters. The summed E-state index contributed by atoms with van der Waals surface area (Å²) >= 11 is 3.26. The average molecular weight is 276 g/mol. The molecule has 1 atom stereocenters. The van der Waals surface area contributed by atoms with Gasteiger partial charge in [0.1, 0.15) is 5.82 Å². The molecule has 0 aliphatic heterocycles. The van der Waals surface area contributed by atoms with Crippen LogP contribution >= 0.6 is 15.9 Å². The highest BCUT2D eigenvalue weighted by molar-refractivity contribution is 9.10. The fourth-order valence-electron chi connectivity index (χ4n) is 1.28. The molecule has 1 aromatic carbocycles. The fraction of sp³-hybridized carbons (Fsp3) is 0.300. The van der Waals surface area contributed by atoms with Gasteiger partial charge in [0.15, 0.2) is 0 Å². The van der Waals surface area contributed by atoms with Gasteiger partial charge >= 0.3 is 5.97 Å². The first-order chi connectivity index (χ1) is 6.99. The number of hydrogen-bond donors (Lipinski definition) is 2. The van der Waals surface area contributed by atoms with Crippen LogP contribution in [0.1, 0.15) is 12.0 Å². The van der Waals surface area contributed by atoms with Crippen LogP contribution in [0.15, 0.2) is 22.7 Å². The van der Waals surface area contributed by atoms with E-state index in [2.05, 4.69) is 15.9 Å². The van der Waals surface area contributed by atoms with Gasteiger partial charge in [-0.05, 0) is 30.2 Å². The highest BCUT2D eigenvalue weighted by Gasteiger charge is 2.11. The van der Waals surface area contributed by atoms with Crippen molar-refractivity contribution in [3.63, 3.8) is 0 Å². The largest absolute Gasteiger partial charge is 0.481 e. The average Bonchev–Trinajstić information content (AvgIpc) is 2.10. The van der Waals surface area contributed by atoms with Gasteiger partial charge in [-0.3, -0.25) is 4.79 Å². The number of halogens is 2. The number of nitrogens with two attached hydrogens (primary N) is 1. The number of rotatable bonds is 4. The molecular formula is C10H11BrFNO2. The summed E-state index contributed by atoms with van der Waals surface area (Å²) in [5, 5.41) is 8.52. The van der Waals surface area contributed by atoms with E-state index in [4.69, 9.17) is 10.8 Å². The summed E-state index contributed by atoms with van der Waals surface area (Å²) < 4.78 is 13.6. The predicted octanol–water partition coefficient (Wildman–Crippen LogP) is 1.93. The Morgan fingerprint density at radius 2 is 2.27 bits per heavy atom. The molecule has 0 saturated carbocycles. The number of hydrogen-bond acceptors (Lipinski definition) is 2. The van der Waals surface area contributed by atoms with E-state index in [0.717, 1.165) is 4.47 Å². The van der Waals surface area contributed by atoms with Crippen molar-refractivity contribution in [2.75, 3.05) is 0 Å². The van der Waals surface area contributed by atoms with Crippen LogP contribution in [0.2, 0.25) is 0 Å². The molecule has 0 aromatic heterocycles. The summed E-state index contributed by atoms with van der Waals surface area (Å²) in [7, 11) is 0. The van der Waals surface area contributed by atoms with Crippen molar-refractivity contribution >= 4 is 21.9 Å². The summed E-state index contributed by atoms with van der Waals surface area (Å²) in [5.41, 5.74) is 6.29. The van der Waals surface area contributed by atoms with Gasteiger partial charge in [0.2, 0.25) is 0 Å². The minimum Gasteiger partial charge on any atom is -0.481 e. The Hall–Kier alpha value is -0.940. The van der Waals surface area contributed by atoms with Crippen LogP contribution in [0, 0.1) is 5.82 Å². The second-order valence-corrected chi connectivity index (χ2v) is 4.15. The summed E-state index contributed by atoms with van der Waals surface area (Å²) in [6.45, 7) is 0. The minimum absolute atomic E-state index is 0.122. The second kappa shape index (κ2) is 5.23. The van der Waals surface area contributed by atoms with E-state index in [1.54, 1.807) is 6.07 Å². The molecule has 1 aromatic rings. The van der Waals surface area contributed by atoms with Crippen LogP contribution in [0.3, 0.4) is 0 Å². The van der Waals surface area contributed by atoms with Crippen LogP contribution in [-0.4, -0.2) is 17.1 Å². The number of aliphatic carboxylic acids is 1. The van der Waals surface area contributed by atoms with Gasteiger partial charge in [-0.1, -0.05) is 15.9 Å². The van der Waals surface area contributed by atoms with Crippen molar-refractivity contribution in [3.05, 3.63) is 34.1 Å².